The minimum Gasteiger partial charge on any atom is -0.449 e. The molecular weight excluding hydrogens is 332 g/mol. The van der Waals surface area contributed by atoms with Crippen LogP contribution >= 0.6 is 0 Å². The van der Waals surface area contributed by atoms with Crippen molar-refractivity contribution in [1.29, 1.82) is 0 Å². The number of nitrogens with one attached hydrogen (secondary N) is 1. The van der Waals surface area contributed by atoms with E-state index in [9.17, 15) is 18.4 Å². The van der Waals surface area contributed by atoms with Crippen LogP contribution in [-0.4, -0.2) is 30.6 Å². The van der Waals surface area contributed by atoms with Crippen LogP contribution in [0.4, 0.5) is 8.78 Å². The number of amides is 1. The first kappa shape index (κ1) is 19.1. The van der Waals surface area contributed by atoms with Gasteiger partial charge in [0.05, 0.1) is 5.56 Å². The van der Waals surface area contributed by atoms with Crippen molar-refractivity contribution < 1.29 is 27.8 Å². The van der Waals surface area contributed by atoms with E-state index in [1.807, 2.05) is 0 Å². The number of benzene rings is 1. The monoisotopic (exact) mass is 355 g/mol. The zero-order valence-electron chi connectivity index (χ0n) is 14.3. The van der Waals surface area contributed by atoms with Crippen molar-refractivity contribution in [2.45, 2.75) is 58.3 Å². The van der Waals surface area contributed by atoms with E-state index >= 15 is 0 Å². The van der Waals surface area contributed by atoms with Gasteiger partial charge in [0.15, 0.2) is 6.10 Å². The second-order valence-electron chi connectivity index (χ2n) is 6.33. The Kier molecular flexibility index (Phi) is 6.73. The molecule has 1 saturated carbocycles. The van der Waals surface area contributed by atoms with Gasteiger partial charge >= 0.3 is 12.6 Å². The van der Waals surface area contributed by atoms with Crippen LogP contribution in [0.15, 0.2) is 24.3 Å². The highest BCUT2D eigenvalue weighted by Gasteiger charge is 2.26. The van der Waals surface area contributed by atoms with Gasteiger partial charge in [0.2, 0.25) is 0 Å². The third-order valence-electron chi connectivity index (χ3n) is 4.41. The van der Waals surface area contributed by atoms with E-state index in [4.69, 9.17) is 4.74 Å². The molecule has 1 aliphatic rings. The number of ether oxygens (including phenoxy) is 2. The molecule has 0 aromatic heterocycles. The van der Waals surface area contributed by atoms with Gasteiger partial charge < -0.3 is 14.8 Å². The molecule has 1 aliphatic carbocycles. The minimum absolute atomic E-state index is 0.0522. The summed E-state index contributed by atoms with van der Waals surface area (Å²) in [5.74, 6) is -0.667. The molecule has 1 N–H and O–H groups in total. The zero-order chi connectivity index (χ0) is 18.4. The van der Waals surface area contributed by atoms with E-state index in [2.05, 4.69) is 17.0 Å². The molecule has 25 heavy (non-hydrogen) atoms. The average Bonchev–Trinajstić information content (AvgIpc) is 2.56. The molecule has 5 nitrogen and oxygen atoms in total. The molecule has 0 saturated heterocycles. The SMILES string of the molecule is C[C@@H](OC(=O)c1ccc(OC(F)F)cc1)C(=O)N[C@@H]1CCCC[C@@H]1C. The molecule has 0 radical (unpaired) electrons. The van der Waals surface area contributed by atoms with Gasteiger partial charge in [0, 0.05) is 6.04 Å². The van der Waals surface area contributed by atoms with Crippen molar-refractivity contribution >= 4 is 11.9 Å². The molecule has 0 heterocycles. The van der Waals surface area contributed by atoms with E-state index in [0.29, 0.717) is 5.92 Å². The van der Waals surface area contributed by atoms with Gasteiger partial charge in [0.25, 0.3) is 5.91 Å². The van der Waals surface area contributed by atoms with Gasteiger partial charge in [-0.1, -0.05) is 19.8 Å². The lowest BCUT2D eigenvalue weighted by Gasteiger charge is -2.30. The van der Waals surface area contributed by atoms with Crippen LogP contribution in [0.3, 0.4) is 0 Å². The quantitative estimate of drug-likeness (QED) is 0.793. The van der Waals surface area contributed by atoms with Crippen molar-refractivity contribution in [2.24, 2.45) is 5.92 Å². The molecule has 138 valence electrons. The molecule has 7 heteroatoms. The van der Waals surface area contributed by atoms with Crippen LogP contribution < -0.4 is 10.1 Å². The molecule has 0 aliphatic heterocycles. The summed E-state index contributed by atoms with van der Waals surface area (Å²) in [4.78, 5) is 24.3. The largest absolute Gasteiger partial charge is 0.449 e. The lowest BCUT2D eigenvalue weighted by Crippen LogP contribution is -2.45. The van der Waals surface area contributed by atoms with Gasteiger partial charge in [-0.3, -0.25) is 4.79 Å². The van der Waals surface area contributed by atoms with Crippen molar-refractivity contribution in [3.8, 4) is 5.75 Å². The summed E-state index contributed by atoms with van der Waals surface area (Å²) in [5.41, 5.74) is 0.160. The maximum absolute atomic E-state index is 12.2. The Morgan fingerprint density at radius 2 is 1.80 bits per heavy atom. The van der Waals surface area contributed by atoms with Gasteiger partial charge in [0.1, 0.15) is 5.75 Å². The predicted octanol–water partition coefficient (Wildman–Crippen LogP) is 3.53. The van der Waals surface area contributed by atoms with E-state index < -0.39 is 18.7 Å². The topological polar surface area (TPSA) is 64.6 Å². The number of hydrogen-bond donors (Lipinski definition) is 1. The molecule has 1 amide bonds. The normalized spacial score (nSPS) is 21.5. The smallest absolute Gasteiger partial charge is 0.387 e. The third-order valence-corrected chi connectivity index (χ3v) is 4.41. The van der Waals surface area contributed by atoms with Crippen LogP contribution in [0.2, 0.25) is 0 Å². The number of rotatable bonds is 6. The standard InChI is InChI=1S/C18H23F2NO4/c1-11-5-3-4-6-15(11)21-16(22)12(2)24-17(23)13-7-9-14(10-8-13)25-18(19)20/h7-12,15,18H,3-6H2,1-2H3,(H,21,22)/t11-,12+,15+/m0/s1. The lowest BCUT2D eigenvalue weighted by atomic mass is 9.86. The van der Waals surface area contributed by atoms with Crippen LogP contribution in [0.5, 0.6) is 5.75 Å². The van der Waals surface area contributed by atoms with Crippen molar-refractivity contribution in [2.75, 3.05) is 0 Å². The van der Waals surface area contributed by atoms with Gasteiger partial charge in [-0.25, -0.2) is 4.79 Å². The first-order valence-electron chi connectivity index (χ1n) is 8.43. The Balaban J connectivity index is 1.87. The van der Waals surface area contributed by atoms with E-state index in [1.54, 1.807) is 0 Å². The Labute approximate surface area is 145 Å². The van der Waals surface area contributed by atoms with E-state index in [0.717, 1.165) is 19.3 Å². The Hall–Kier alpha value is -2.18. The van der Waals surface area contributed by atoms with Crippen LogP contribution in [0.1, 0.15) is 49.9 Å². The fraction of sp³-hybridized carbons (Fsp3) is 0.556. The molecule has 0 unspecified atom stereocenters. The number of halogens is 2. The average molecular weight is 355 g/mol. The molecule has 0 bridgehead atoms. The molecule has 1 fully saturated rings. The van der Waals surface area contributed by atoms with Crippen LogP contribution in [0.25, 0.3) is 0 Å². The highest BCUT2D eigenvalue weighted by molar-refractivity contribution is 5.92. The molecular formula is C18H23F2NO4. The molecule has 1 aromatic carbocycles. The first-order valence-corrected chi connectivity index (χ1v) is 8.43. The fourth-order valence-corrected chi connectivity index (χ4v) is 2.89. The number of carbonyl (C=O) groups is 2. The summed E-state index contributed by atoms with van der Waals surface area (Å²) in [7, 11) is 0. The van der Waals surface area contributed by atoms with Crippen molar-refractivity contribution in [3.05, 3.63) is 29.8 Å². The van der Waals surface area contributed by atoms with E-state index in [1.165, 1.54) is 37.6 Å². The molecule has 1 aromatic rings. The van der Waals surface area contributed by atoms with Crippen molar-refractivity contribution in [3.63, 3.8) is 0 Å². The first-order chi connectivity index (χ1) is 11.9. The number of alkyl halides is 2. The van der Waals surface area contributed by atoms with Gasteiger partial charge in [-0.15, -0.1) is 0 Å². The molecule has 3 atom stereocenters. The Morgan fingerprint density at radius 3 is 2.40 bits per heavy atom. The van der Waals surface area contributed by atoms with Crippen molar-refractivity contribution in [1.82, 2.24) is 5.32 Å². The number of hydrogen-bond acceptors (Lipinski definition) is 4. The third kappa shape index (κ3) is 5.69. The second-order valence-corrected chi connectivity index (χ2v) is 6.33. The molecule has 2 rings (SSSR count). The predicted molar refractivity (Wildman–Crippen MR) is 87.5 cm³/mol. The molecule has 0 spiro atoms. The summed E-state index contributed by atoms with van der Waals surface area (Å²) < 4.78 is 33.6. The van der Waals surface area contributed by atoms with Crippen LogP contribution in [-0.2, 0) is 9.53 Å². The summed E-state index contributed by atoms with van der Waals surface area (Å²) >= 11 is 0. The summed E-state index contributed by atoms with van der Waals surface area (Å²) in [6, 6.07) is 5.23. The second kappa shape index (κ2) is 8.78. The minimum atomic E-state index is -2.93. The Bertz CT molecular complexity index is 591. The summed E-state index contributed by atoms with van der Waals surface area (Å²) in [6.07, 6.45) is 3.32. The van der Waals surface area contributed by atoms with Gasteiger partial charge in [-0.05, 0) is 49.9 Å². The van der Waals surface area contributed by atoms with Crippen LogP contribution in [0, 0.1) is 5.92 Å². The summed E-state index contributed by atoms with van der Waals surface area (Å²) in [5, 5.41) is 2.94. The van der Waals surface area contributed by atoms with E-state index in [-0.39, 0.29) is 23.3 Å². The maximum Gasteiger partial charge on any atom is 0.387 e. The highest BCUT2D eigenvalue weighted by atomic mass is 19.3. The zero-order valence-corrected chi connectivity index (χ0v) is 14.3. The highest BCUT2D eigenvalue weighted by Crippen LogP contribution is 2.24. The number of esters is 1. The maximum atomic E-state index is 12.2. The number of carbonyl (C=O) groups excluding carboxylic acids is 2. The fourth-order valence-electron chi connectivity index (χ4n) is 2.89. The summed E-state index contributed by atoms with van der Waals surface area (Å²) in [6.45, 7) is 0.683. The van der Waals surface area contributed by atoms with Gasteiger partial charge in [-0.2, -0.15) is 8.78 Å². The Morgan fingerprint density at radius 1 is 1.16 bits per heavy atom. The lowest BCUT2D eigenvalue weighted by molar-refractivity contribution is -0.130.